The number of rotatable bonds is 9. The Morgan fingerprint density at radius 2 is 1.59 bits per heavy atom. The van der Waals surface area contributed by atoms with Gasteiger partial charge in [0.05, 0.1) is 30.8 Å². The summed E-state index contributed by atoms with van der Waals surface area (Å²) in [5.74, 6) is 0. The van der Waals surface area contributed by atoms with Crippen LogP contribution in [0.4, 0.5) is 0 Å². The van der Waals surface area contributed by atoms with Crippen LogP contribution in [0.15, 0.2) is 41.4 Å². The van der Waals surface area contributed by atoms with E-state index in [0.717, 1.165) is 5.69 Å². The molecule has 0 radical (unpaired) electrons. The smallest absolute Gasteiger partial charge is 0.246 e. The molecule has 150 valence electrons. The average Bonchev–Trinajstić information content (AvgIpc) is 3.09. The second-order valence-electron chi connectivity index (χ2n) is 7.26. The van der Waals surface area contributed by atoms with Crippen LogP contribution in [-0.4, -0.2) is 63.0 Å². The van der Waals surface area contributed by atoms with Gasteiger partial charge in [-0.2, -0.15) is 9.40 Å². The highest BCUT2D eigenvalue weighted by Gasteiger charge is 2.34. The largest absolute Gasteiger partial charge is 0.383 e. The second kappa shape index (κ2) is 8.97. The number of sulfonamides is 1. The molecule has 1 aromatic carbocycles. The minimum Gasteiger partial charge on any atom is -0.383 e. The maximum atomic E-state index is 13.4. The SMILES string of the molecule is COCCN(CCOC)S(=O)(=O)c1cn(-c2ccccc2)nc1C(C)(C)C. The van der Waals surface area contributed by atoms with Gasteiger partial charge in [0.25, 0.3) is 0 Å². The van der Waals surface area contributed by atoms with Gasteiger partial charge in [0.15, 0.2) is 0 Å². The Hall–Kier alpha value is -1.74. The van der Waals surface area contributed by atoms with Crippen molar-refractivity contribution in [2.24, 2.45) is 0 Å². The quantitative estimate of drug-likeness (QED) is 0.652. The normalized spacial score (nSPS) is 12.7. The van der Waals surface area contributed by atoms with Gasteiger partial charge in [0, 0.05) is 32.7 Å². The van der Waals surface area contributed by atoms with Crippen molar-refractivity contribution >= 4 is 10.0 Å². The third-order valence-corrected chi connectivity index (χ3v) is 6.02. The molecule has 0 bridgehead atoms. The molecule has 0 amide bonds. The van der Waals surface area contributed by atoms with Crippen LogP contribution < -0.4 is 0 Å². The molecule has 1 aromatic heterocycles. The fourth-order valence-corrected chi connectivity index (χ4v) is 4.39. The van der Waals surface area contributed by atoms with E-state index in [1.165, 1.54) is 4.31 Å². The summed E-state index contributed by atoms with van der Waals surface area (Å²) in [7, 11) is -0.655. The molecule has 0 saturated heterocycles. The highest BCUT2D eigenvalue weighted by molar-refractivity contribution is 7.89. The van der Waals surface area contributed by atoms with Crippen LogP contribution in [0.25, 0.3) is 5.69 Å². The number of hydrogen-bond donors (Lipinski definition) is 0. The molecule has 2 aromatic rings. The molecule has 0 fully saturated rings. The van der Waals surface area contributed by atoms with Crippen LogP contribution in [0.3, 0.4) is 0 Å². The molecule has 0 aliphatic carbocycles. The van der Waals surface area contributed by atoms with Crippen LogP contribution in [0.5, 0.6) is 0 Å². The van der Waals surface area contributed by atoms with Gasteiger partial charge in [-0.3, -0.25) is 0 Å². The van der Waals surface area contributed by atoms with Crippen LogP contribution in [0, 0.1) is 0 Å². The third-order valence-electron chi connectivity index (χ3n) is 4.12. The van der Waals surface area contributed by atoms with Gasteiger partial charge in [-0.05, 0) is 12.1 Å². The van der Waals surface area contributed by atoms with E-state index in [2.05, 4.69) is 5.10 Å². The van der Waals surface area contributed by atoms with Crippen molar-refractivity contribution in [3.63, 3.8) is 0 Å². The Labute approximate surface area is 161 Å². The van der Waals surface area contributed by atoms with Gasteiger partial charge in [-0.15, -0.1) is 0 Å². The van der Waals surface area contributed by atoms with Crippen LogP contribution >= 0.6 is 0 Å². The van der Waals surface area contributed by atoms with Crippen molar-refractivity contribution in [2.45, 2.75) is 31.1 Å². The van der Waals surface area contributed by atoms with E-state index in [0.29, 0.717) is 18.9 Å². The summed E-state index contributed by atoms with van der Waals surface area (Å²) in [6.45, 7) is 6.99. The van der Waals surface area contributed by atoms with Crippen molar-refractivity contribution in [3.8, 4) is 5.69 Å². The molecule has 0 aliphatic heterocycles. The van der Waals surface area contributed by atoms with Gasteiger partial charge in [-0.25, -0.2) is 13.1 Å². The van der Waals surface area contributed by atoms with E-state index in [4.69, 9.17) is 9.47 Å². The Kier molecular flexibility index (Phi) is 7.16. The molecule has 0 saturated carbocycles. The van der Waals surface area contributed by atoms with Gasteiger partial charge in [0.2, 0.25) is 10.0 Å². The molecule has 7 nitrogen and oxygen atoms in total. The Balaban J connectivity index is 2.54. The van der Waals surface area contributed by atoms with E-state index in [9.17, 15) is 8.42 Å². The first-order valence-electron chi connectivity index (χ1n) is 8.85. The number of nitrogens with zero attached hydrogens (tertiary/aromatic N) is 3. The summed E-state index contributed by atoms with van der Waals surface area (Å²) in [6, 6.07) is 9.48. The van der Waals surface area contributed by atoms with Gasteiger partial charge >= 0.3 is 0 Å². The van der Waals surface area contributed by atoms with E-state index in [1.54, 1.807) is 25.1 Å². The zero-order valence-electron chi connectivity index (χ0n) is 16.7. The van der Waals surface area contributed by atoms with Crippen molar-refractivity contribution in [2.75, 3.05) is 40.5 Å². The molecule has 2 rings (SSSR count). The Morgan fingerprint density at radius 3 is 2.07 bits per heavy atom. The summed E-state index contributed by atoms with van der Waals surface area (Å²) in [6.07, 6.45) is 1.60. The molecule has 0 N–H and O–H groups in total. The summed E-state index contributed by atoms with van der Waals surface area (Å²) in [5.41, 5.74) is 0.910. The van der Waals surface area contributed by atoms with Crippen molar-refractivity contribution in [1.82, 2.24) is 14.1 Å². The molecule has 0 unspecified atom stereocenters. The number of para-hydroxylation sites is 1. The highest BCUT2D eigenvalue weighted by Crippen LogP contribution is 2.30. The third kappa shape index (κ3) is 5.16. The topological polar surface area (TPSA) is 73.7 Å². The summed E-state index contributed by atoms with van der Waals surface area (Å²) in [5, 5.41) is 4.61. The lowest BCUT2D eigenvalue weighted by atomic mass is 9.92. The molecule has 0 spiro atoms. The Morgan fingerprint density at radius 1 is 1.04 bits per heavy atom. The van der Waals surface area contributed by atoms with Crippen molar-refractivity contribution in [1.29, 1.82) is 0 Å². The zero-order chi connectivity index (χ0) is 20.1. The fourth-order valence-electron chi connectivity index (χ4n) is 2.66. The average molecular weight is 396 g/mol. The van der Waals surface area contributed by atoms with Crippen LogP contribution in [-0.2, 0) is 24.9 Å². The molecular weight excluding hydrogens is 366 g/mol. The predicted octanol–water partition coefficient (Wildman–Crippen LogP) is 2.45. The minimum absolute atomic E-state index is 0.214. The number of methoxy groups -OCH3 is 2. The molecule has 27 heavy (non-hydrogen) atoms. The number of hydrogen-bond acceptors (Lipinski definition) is 5. The lowest BCUT2D eigenvalue weighted by Crippen LogP contribution is -2.37. The highest BCUT2D eigenvalue weighted by atomic mass is 32.2. The monoisotopic (exact) mass is 395 g/mol. The molecular formula is C19H29N3O4S. The predicted molar refractivity (Wildman–Crippen MR) is 105 cm³/mol. The van der Waals surface area contributed by atoms with Gasteiger partial charge in [-0.1, -0.05) is 39.0 Å². The summed E-state index contributed by atoms with van der Waals surface area (Å²) >= 11 is 0. The van der Waals surface area contributed by atoms with Crippen LogP contribution in [0.1, 0.15) is 26.5 Å². The standard InChI is InChI=1S/C19H29N3O4S/c1-19(2,3)18-17(15-22(20-18)16-9-7-6-8-10-16)27(23,24)21(11-13-25-4)12-14-26-5/h6-10,15H,11-14H2,1-5H3. The van der Waals surface area contributed by atoms with Gasteiger partial charge < -0.3 is 9.47 Å². The van der Waals surface area contributed by atoms with E-state index >= 15 is 0 Å². The van der Waals surface area contributed by atoms with Crippen LogP contribution in [0.2, 0.25) is 0 Å². The lowest BCUT2D eigenvalue weighted by Gasteiger charge is -2.23. The second-order valence-corrected chi connectivity index (χ2v) is 9.17. The zero-order valence-corrected chi connectivity index (χ0v) is 17.5. The fraction of sp³-hybridized carbons (Fsp3) is 0.526. The molecule has 8 heteroatoms. The molecule has 1 heterocycles. The van der Waals surface area contributed by atoms with Gasteiger partial charge in [0.1, 0.15) is 4.90 Å². The van der Waals surface area contributed by atoms with Crippen molar-refractivity contribution < 1.29 is 17.9 Å². The van der Waals surface area contributed by atoms with E-state index < -0.39 is 15.4 Å². The lowest BCUT2D eigenvalue weighted by molar-refractivity contribution is 0.150. The first kappa shape index (κ1) is 21.6. The maximum absolute atomic E-state index is 13.4. The summed E-state index contributed by atoms with van der Waals surface area (Å²) in [4.78, 5) is 0.214. The van der Waals surface area contributed by atoms with E-state index in [-0.39, 0.29) is 18.0 Å². The molecule has 0 aliphatic rings. The summed E-state index contributed by atoms with van der Waals surface area (Å²) < 4.78 is 40.0. The van der Waals surface area contributed by atoms with Crippen molar-refractivity contribution in [3.05, 3.63) is 42.2 Å². The molecule has 0 atom stereocenters. The van der Waals surface area contributed by atoms with E-state index in [1.807, 2.05) is 51.1 Å². The minimum atomic E-state index is -3.76. The first-order chi connectivity index (χ1) is 12.7. The first-order valence-corrected chi connectivity index (χ1v) is 10.3. The number of aromatic nitrogens is 2. The number of ether oxygens (including phenoxy) is 2. The maximum Gasteiger partial charge on any atom is 0.246 e. The number of benzene rings is 1. The Bertz CT molecular complexity index is 818.